The maximum atomic E-state index is 5.13. The van der Waals surface area contributed by atoms with E-state index in [4.69, 9.17) is 4.52 Å². The monoisotopic (exact) mass is 254 g/mol. The zero-order chi connectivity index (χ0) is 11.5. The molecule has 0 radical (unpaired) electrons. The Labute approximate surface area is 103 Å². The minimum absolute atomic E-state index is 0.930. The maximum Gasteiger partial charge on any atom is 0.137 e. The van der Waals surface area contributed by atoms with Gasteiger partial charge in [-0.25, -0.2) is 4.98 Å². The molecule has 0 aliphatic carbocycles. The SMILES string of the molecule is Cc1nc(CSCc2c(C)noc2C)cs1. The summed E-state index contributed by atoms with van der Waals surface area (Å²) in [6, 6.07) is 0. The molecule has 2 heterocycles. The second-order valence-corrected chi connectivity index (χ2v) is 5.70. The summed E-state index contributed by atoms with van der Waals surface area (Å²) < 4.78 is 5.13. The molecule has 0 N–H and O–H groups in total. The molecule has 0 amide bonds. The van der Waals surface area contributed by atoms with E-state index < -0.39 is 0 Å². The molecular weight excluding hydrogens is 240 g/mol. The number of aryl methyl sites for hydroxylation is 3. The molecule has 0 saturated carbocycles. The lowest BCUT2D eigenvalue weighted by Crippen LogP contribution is -1.87. The summed E-state index contributed by atoms with van der Waals surface area (Å²) in [5.74, 6) is 2.83. The van der Waals surface area contributed by atoms with Crippen molar-refractivity contribution in [3.05, 3.63) is 33.1 Å². The van der Waals surface area contributed by atoms with E-state index in [9.17, 15) is 0 Å². The summed E-state index contributed by atoms with van der Waals surface area (Å²) in [5.41, 5.74) is 3.38. The molecule has 86 valence electrons. The Hall–Kier alpha value is -0.810. The van der Waals surface area contributed by atoms with E-state index in [-0.39, 0.29) is 0 Å². The first-order valence-corrected chi connectivity index (χ1v) is 7.10. The molecular formula is C11H14N2OS2. The number of thiazole rings is 1. The van der Waals surface area contributed by atoms with Crippen LogP contribution in [0.4, 0.5) is 0 Å². The molecule has 0 spiro atoms. The van der Waals surface area contributed by atoms with Crippen LogP contribution in [0.5, 0.6) is 0 Å². The highest BCUT2D eigenvalue weighted by Crippen LogP contribution is 2.22. The second kappa shape index (κ2) is 5.01. The van der Waals surface area contributed by atoms with E-state index >= 15 is 0 Å². The van der Waals surface area contributed by atoms with Gasteiger partial charge in [0.2, 0.25) is 0 Å². The van der Waals surface area contributed by atoms with Crippen LogP contribution in [0.2, 0.25) is 0 Å². The third-order valence-electron chi connectivity index (χ3n) is 2.34. The van der Waals surface area contributed by atoms with E-state index in [2.05, 4.69) is 15.5 Å². The zero-order valence-electron chi connectivity index (χ0n) is 9.61. The predicted octanol–water partition coefficient (Wildman–Crippen LogP) is 3.49. The third-order valence-corrected chi connectivity index (χ3v) is 4.16. The predicted molar refractivity (Wildman–Crippen MR) is 67.8 cm³/mol. The quantitative estimate of drug-likeness (QED) is 0.837. The van der Waals surface area contributed by atoms with Gasteiger partial charge in [0.15, 0.2) is 0 Å². The van der Waals surface area contributed by atoms with Crippen molar-refractivity contribution < 1.29 is 4.52 Å². The van der Waals surface area contributed by atoms with Crippen LogP contribution in [-0.4, -0.2) is 10.1 Å². The fourth-order valence-corrected chi connectivity index (χ4v) is 3.23. The molecule has 16 heavy (non-hydrogen) atoms. The van der Waals surface area contributed by atoms with Crippen LogP contribution in [0.15, 0.2) is 9.90 Å². The Bertz CT molecular complexity index is 457. The molecule has 0 atom stereocenters. The van der Waals surface area contributed by atoms with Gasteiger partial charge in [0, 0.05) is 22.4 Å². The van der Waals surface area contributed by atoms with E-state index in [0.717, 1.165) is 28.0 Å². The molecule has 0 aromatic carbocycles. The first-order chi connectivity index (χ1) is 7.66. The number of rotatable bonds is 4. The first-order valence-electron chi connectivity index (χ1n) is 5.07. The molecule has 0 bridgehead atoms. The Kier molecular flexibility index (Phi) is 3.66. The van der Waals surface area contributed by atoms with Crippen molar-refractivity contribution >= 4 is 23.1 Å². The van der Waals surface area contributed by atoms with Gasteiger partial charge in [0.1, 0.15) is 5.76 Å². The molecule has 2 rings (SSSR count). The third kappa shape index (κ3) is 2.65. The van der Waals surface area contributed by atoms with Gasteiger partial charge in [-0.1, -0.05) is 5.16 Å². The summed E-state index contributed by atoms with van der Waals surface area (Å²) in [7, 11) is 0. The summed E-state index contributed by atoms with van der Waals surface area (Å²) in [4.78, 5) is 4.43. The average Bonchev–Trinajstić information content (AvgIpc) is 2.78. The van der Waals surface area contributed by atoms with Crippen LogP contribution in [-0.2, 0) is 11.5 Å². The lowest BCUT2D eigenvalue weighted by Gasteiger charge is -1.98. The van der Waals surface area contributed by atoms with E-state index in [1.54, 1.807) is 11.3 Å². The highest BCUT2D eigenvalue weighted by atomic mass is 32.2. The number of thioether (sulfide) groups is 1. The topological polar surface area (TPSA) is 38.9 Å². The average molecular weight is 254 g/mol. The molecule has 2 aromatic rings. The summed E-state index contributed by atoms with van der Waals surface area (Å²) in [6.07, 6.45) is 0. The molecule has 0 saturated heterocycles. The minimum atomic E-state index is 0.930. The van der Waals surface area contributed by atoms with Gasteiger partial charge in [-0.05, 0) is 20.8 Å². The lowest BCUT2D eigenvalue weighted by molar-refractivity contribution is 0.392. The highest BCUT2D eigenvalue weighted by Gasteiger charge is 2.08. The van der Waals surface area contributed by atoms with Gasteiger partial charge >= 0.3 is 0 Å². The lowest BCUT2D eigenvalue weighted by atomic mass is 10.2. The van der Waals surface area contributed by atoms with Crippen molar-refractivity contribution in [1.29, 1.82) is 0 Å². The number of nitrogens with zero attached hydrogens (tertiary/aromatic N) is 2. The molecule has 0 aliphatic rings. The Morgan fingerprint density at radius 3 is 2.69 bits per heavy atom. The molecule has 0 aliphatic heterocycles. The van der Waals surface area contributed by atoms with Gasteiger partial charge in [-0.3, -0.25) is 0 Å². The first kappa shape index (κ1) is 11.7. The van der Waals surface area contributed by atoms with Gasteiger partial charge in [-0.15, -0.1) is 11.3 Å². The standard InChI is InChI=1S/C11H14N2OS2/c1-7-11(8(2)14-13-7)6-15-4-10-5-16-9(3)12-10/h5H,4,6H2,1-3H3. The van der Waals surface area contributed by atoms with Crippen LogP contribution < -0.4 is 0 Å². The Morgan fingerprint density at radius 1 is 1.31 bits per heavy atom. The fourth-order valence-electron chi connectivity index (χ4n) is 1.44. The summed E-state index contributed by atoms with van der Waals surface area (Å²) >= 11 is 3.55. The zero-order valence-corrected chi connectivity index (χ0v) is 11.2. The fraction of sp³-hybridized carbons (Fsp3) is 0.455. The van der Waals surface area contributed by atoms with E-state index in [1.165, 1.54) is 11.3 Å². The number of hydrogen-bond donors (Lipinski definition) is 0. The van der Waals surface area contributed by atoms with Crippen molar-refractivity contribution in [3.63, 3.8) is 0 Å². The minimum Gasteiger partial charge on any atom is -0.361 e. The Balaban J connectivity index is 1.89. The van der Waals surface area contributed by atoms with E-state index in [0.29, 0.717) is 0 Å². The van der Waals surface area contributed by atoms with Gasteiger partial charge in [-0.2, -0.15) is 11.8 Å². The normalized spacial score (nSPS) is 10.9. The van der Waals surface area contributed by atoms with Crippen LogP contribution in [0, 0.1) is 20.8 Å². The number of hydrogen-bond acceptors (Lipinski definition) is 5. The maximum absolute atomic E-state index is 5.13. The smallest absolute Gasteiger partial charge is 0.137 e. The van der Waals surface area contributed by atoms with Gasteiger partial charge < -0.3 is 4.52 Å². The van der Waals surface area contributed by atoms with Crippen molar-refractivity contribution in [3.8, 4) is 0 Å². The molecule has 0 unspecified atom stereocenters. The highest BCUT2D eigenvalue weighted by molar-refractivity contribution is 7.97. The molecule has 5 heteroatoms. The van der Waals surface area contributed by atoms with Crippen LogP contribution in [0.25, 0.3) is 0 Å². The van der Waals surface area contributed by atoms with E-state index in [1.807, 2.05) is 32.5 Å². The number of aromatic nitrogens is 2. The van der Waals surface area contributed by atoms with Crippen LogP contribution >= 0.6 is 23.1 Å². The summed E-state index contributed by atoms with van der Waals surface area (Å²) in [6.45, 7) is 5.98. The Morgan fingerprint density at radius 2 is 2.12 bits per heavy atom. The van der Waals surface area contributed by atoms with Crippen LogP contribution in [0.3, 0.4) is 0 Å². The van der Waals surface area contributed by atoms with Crippen molar-refractivity contribution in [2.24, 2.45) is 0 Å². The van der Waals surface area contributed by atoms with Crippen LogP contribution in [0.1, 0.15) is 27.7 Å². The van der Waals surface area contributed by atoms with Crippen molar-refractivity contribution in [1.82, 2.24) is 10.1 Å². The van der Waals surface area contributed by atoms with Crippen molar-refractivity contribution in [2.75, 3.05) is 0 Å². The largest absolute Gasteiger partial charge is 0.361 e. The second-order valence-electron chi connectivity index (χ2n) is 3.65. The van der Waals surface area contributed by atoms with Gasteiger partial charge in [0.05, 0.1) is 16.4 Å². The van der Waals surface area contributed by atoms with Crippen molar-refractivity contribution in [2.45, 2.75) is 32.3 Å². The molecule has 0 fully saturated rings. The summed E-state index contributed by atoms with van der Waals surface area (Å²) in [5, 5.41) is 7.20. The molecule has 3 nitrogen and oxygen atoms in total. The van der Waals surface area contributed by atoms with Gasteiger partial charge in [0.25, 0.3) is 0 Å². The molecule has 2 aromatic heterocycles.